The Morgan fingerprint density at radius 2 is 1.97 bits per heavy atom. The third kappa shape index (κ3) is 5.40. The summed E-state index contributed by atoms with van der Waals surface area (Å²) in [6.07, 6.45) is 9.63. The van der Waals surface area contributed by atoms with Crippen molar-refractivity contribution in [2.75, 3.05) is 6.54 Å². The highest BCUT2D eigenvalue weighted by molar-refractivity contribution is 6.30. The van der Waals surface area contributed by atoms with Crippen LogP contribution in [0.25, 0.3) is 0 Å². The lowest BCUT2D eigenvalue weighted by Crippen LogP contribution is -2.27. The smallest absolute Gasteiger partial charge is 0.303 e. The van der Waals surface area contributed by atoms with Gasteiger partial charge in [-0.1, -0.05) is 35.9 Å². The summed E-state index contributed by atoms with van der Waals surface area (Å²) in [7, 11) is 0. The standard InChI is InChI=1S/C24H27ClN2O5/c25-16-8-6-15(7-9-16)12-13-26-23(30)18-14-31-24(27-18)22-17(19-10-11-20(22)32-19)4-2-1-3-5-21(28)29/h1-2,6-9,14,17,19-20,22H,3-5,10-13H2,(H,26,30)(H,28,29)/b2-1-. The minimum Gasteiger partial charge on any atom is -0.481 e. The van der Waals surface area contributed by atoms with Gasteiger partial charge in [0.25, 0.3) is 5.91 Å². The van der Waals surface area contributed by atoms with Crippen LogP contribution in [0.2, 0.25) is 5.02 Å². The maximum absolute atomic E-state index is 12.5. The third-order valence-electron chi connectivity index (χ3n) is 6.18. The predicted molar refractivity (Wildman–Crippen MR) is 119 cm³/mol. The van der Waals surface area contributed by atoms with Crippen molar-refractivity contribution in [2.24, 2.45) is 5.92 Å². The Balaban J connectivity index is 1.33. The van der Waals surface area contributed by atoms with Gasteiger partial charge in [0.2, 0.25) is 5.89 Å². The van der Waals surface area contributed by atoms with Gasteiger partial charge in [-0.05, 0) is 49.8 Å². The molecule has 2 aromatic rings. The van der Waals surface area contributed by atoms with E-state index in [4.69, 9.17) is 25.9 Å². The van der Waals surface area contributed by atoms with Crippen LogP contribution < -0.4 is 5.32 Å². The van der Waals surface area contributed by atoms with E-state index in [2.05, 4.69) is 10.3 Å². The third-order valence-corrected chi connectivity index (χ3v) is 6.43. The van der Waals surface area contributed by atoms with E-state index in [1.165, 1.54) is 6.26 Å². The maximum atomic E-state index is 12.5. The summed E-state index contributed by atoms with van der Waals surface area (Å²) in [5, 5.41) is 12.3. The van der Waals surface area contributed by atoms with E-state index < -0.39 is 5.97 Å². The predicted octanol–water partition coefficient (Wildman–Crippen LogP) is 4.37. The number of carboxylic acid groups (broad SMARTS) is 1. The summed E-state index contributed by atoms with van der Waals surface area (Å²) < 4.78 is 11.8. The average Bonchev–Trinajstić information content (AvgIpc) is 3.51. The lowest BCUT2D eigenvalue weighted by Gasteiger charge is -2.24. The summed E-state index contributed by atoms with van der Waals surface area (Å²) in [4.78, 5) is 27.7. The van der Waals surface area contributed by atoms with Gasteiger partial charge in [0.1, 0.15) is 6.26 Å². The molecular formula is C24H27ClN2O5. The van der Waals surface area contributed by atoms with Crippen molar-refractivity contribution >= 4 is 23.5 Å². The number of amides is 1. The number of hydrogen-bond acceptors (Lipinski definition) is 5. The number of aliphatic carboxylic acids is 1. The van der Waals surface area contributed by atoms with Crippen molar-refractivity contribution < 1.29 is 23.8 Å². The van der Waals surface area contributed by atoms with Gasteiger partial charge >= 0.3 is 5.97 Å². The van der Waals surface area contributed by atoms with Crippen molar-refractivity contribution in [1.29, 1.82) is 0 Å². The first-order chi connectivity index (χ1) is 15.5. The first-order valence-corrected chi connectivity index (χ1v) is 11.4. The Morgan fingerprint density at radius 1 is 1.19 bits per heavy atom. The molecule has 0 spiro atoms. The molecule has 3 heterocycles. The van der Waals surface area contributed by atoms with Gasteiger partial charge in [-0.25, -0.2) is 4.98 Å². The Morgan fingerprint density at radius 3 is 2.75 bits per heavy atom. The van der Waals surface area contributed by atoms with Crippen LogP contribution >= 0.6 is 11.6 Å². The van der Waals surface area contributed by atoms with E-state index in [0.717, 1.165) is 24.8 Å². The number of oxazole rings is 1. The fourth-order valence-corrected chi connectivity index (χ4v) is 4.73. The van der Waals surface area contributed by atoms with Crippen LogP contribution in [-0.2, 0) is 16.0 Å². The van der Waals surface area contributed by atoms with Crippen LogP contribution in [0.1, 0.15) is 60.0 Å². The van der Waals surface area contributed by atoms with Gasteiger partial charge in [0, 0.05) is 23.9 Å². The van der Waals surface area contributed by atoms with Crippen LogP contribution in [0.4, 0.5) is 0 Å². The number of rotatable bonds is 10. The number of fused-ring (bicyclic) bond motifs is 2. The largest absolute Gasteiger partial charge is 0.481 e. The van der Waals surface area contributed by atoms with Crippen molar-refractivity contribution in [1.82, 2.24) is 10.3 Å². The number of carbonyl (C=O) groups is 2. The number of halogens is 1. The van der Waals surface area contributed by atoms with Gasteiger partial charge in [0.15, 0.2) is 5.69 Å². The molecule has 2 N–H and O–H groups in total. The second kappa shape index (κ2) is 10.3. The van der Waals surface area contributed by atoms with E-state index in [9.17, 15) is 9.59 Å². The second-order valence-corrected chi connectivity index (χ2v) is 8.76. The van der Waals surface area contributed by atoms with Crippen LogP contribution in [0, 0.1) is 5.92 Å². The molecule has 0 saturated carbocycles. The summed E-state index contributed by atoms with van der Waals surface area (Å²) >= 11 is 5.90. The number of nitrogens with one attached hydrogen (secondary N) is 1. The summed E-state index contributed by atoms with van der Waals surface area (Å²) in [5.74, 6) is -0.288. The van der Waals surface area contributed by atoms with E-state index in [1.54, 1.807) is 0 Å². The number of nitrogens with zero attached hydrogens (tertiary/aromatic N) is 1. The molecule has 2 saturated heterocycles. The molecule has 170 valence electrons. The Kier molecular flexibility index (Phi) is 7.27. The number of aromatic nitrogens is 1. The zero-order valence-corrected chi connectivity index (χ0v) is 18.5. The van der Waals surface area contributed by atoms with Gasteiger partial charge < -0.3 is 19.6 Å². The highest BCUT2D eigenvalue weighted by Gasteiger charge is 2.51. The zero-order chi connectivity index (χ0) is 22.5. The van der Waals surface area contributed by atoms with Crippen molar-refractivity contribution in [3.63, 3.8) is 0 Å². The number of ether oxygens (including phenoxy) is 1. The number of hydrogen-bond donors (Lipinski definition) is 2. The van der Waals surface area contributed by atoms with Crippen LogP contribution in [0.5, 0.6) is 0 Å². The van der Waals surface area contributed by atoms with E-state index in [1.807, 2.05) is 36.4 Å². The molecule has 1 aromatic heterocycles. The van der Waals surface area contributed by atoms with Crippen molar-refractivity contribution in [3.05, 3.63) is 64.9 Å². The highest BCUT2D eigenvalue weighted by Crippen LogP contribution is 2.50. The fraction of sp³-hybridized carbons (Fsp3) is 0.458. The van der Waals surface area contributed by atoms with Gasteiger partial charge in [-0.15, -0.1) is 0 Å². The molecule has 8 heteroatoms. The molecule has 2 aliphatic rings. The molecule has 2 aliphatic heterocycles. The van der Waals surface area contributed by atoms with Crippen LogP contribution in [0.15, 0.2) is 47.1 Å². The molecule has 0 radical (unpaired) electrons. The second-order valence-electron chi connectivity index (χ2n) is 8.32. The normalized spacial score (nSPS) is 24.3. The van der Waals surface area contributed by atoms with Crippen molar-refractivity contribution in [3.8, 4) is 0 Å². The number of allylic oxidation sites excluding steroid dienone is 2. The molecule has 2 fully saturated rings. The number of benzene rings is 1. The Labute approximate surface area is 191 Å². The van der Waals surface area contributed by atoms with Gasteiger partial charge in [0.05, 0.1) is 18.1 Å². The summed E-state index contributed by atoms with van der Waals surface area (Å²) in [6.45, 7) is 0.490. The molecule has 4 atom stereocenters. The lowest BCUT2D eigenvalue weighted by atomic mass is 9.77. The first kappa shape index (κ1) is 22.6. The number of carbonyl (C=O) groups excluding carboxylic acids is 1. The molecule has 2 bridgehead atoms. The number of carboxylic acids is 1. The molecule has 1 aromatic carbocycles. The summed E-state index contributed by atoms with van der Waals surface area (Å²) in [5.41, 5.74) is 1.36. The van der Waals surface area contributed by atoms with Crippen LogP contribution in [0.3, 0.4) is 0 Å². The highest BCUT2D eigenvalue weighted by atomic mass is 35.5. The van der Waals surface area contributed by atoms with E-state index in [0.29, 0.717) is 30.3 Å². The van der Waals surface area contributed by atoms with Crippen LogP contribution in [-0.4, -0.2) is 40.7 Å². The first-order valence-electron chi connectivity index (χ1n) is 11.0. The molecular weight excluding hydrogens is 432 g/mol. The fourth-order valence-electron chi connectivity index (χ4n) is 4.60. The van der Waals surface area contributed by atoms with Gasteiger partial charge in [-0.2, -0.15) is 0 Å². The molecule has 1 amide bonds. The maximum Gasteiger partial charge on any atom is 0.303 e. The molecule has 4 unspecified atom stereocenters. The quantitative estimate of drug-likeness (QED) is 0.512. The molecule has 7 nitrogen and oxygen atoms in total. The monoisotopic (exact) mass is 458 g/mol. The summed E-state index contributed by atoms with van der Waals surface area (Å²) in [6, 6.07) is 7.54. The minimum atomic E-state index is -0.797. The minimum absolute atomic E-state index is 0.00786. The van der Waals surface area contributed by atoms with Gasteiger partial charge in [-0.3, -0.25) is 9.59 Å². The zero-order valence-electron chi connectivity index (χ0n) is 17.7. The van der Waals surface area contributed by atoms with E-state index in [-0.39, 0.29) is 42.1 Å². The topological polar surface area (TPSA) is 102 Å². The van der Waals surface area contributed by atoms with E-state index >= 15 is 0 Å². The Bertz CT molecular complexity index is 971. The SMILES string of the molecule is O=C(O)CC/C=C\CC1C2CCC(O2)C1c1nc(C(=O)NCCc2ccc(Cl)cc2)co1. The van der Waals surface area contributed by atoms with Crippen molar-refractivity contribution in [2.45, 2.75) is 56.7 Å². The molecule has 0 aliphatic carbocycles. The lowest BCUT2D eigenvalue weighted by molar-refractivity contribution is -0.136. The molecule has 4 rings (SSSR count). The average molecular weight is 459 g/mol. The Hall–Kier alpha value is -2.64. The molecule has 32 heavy (non-hydrogen) atoms.